The topological polar surface area (TPSA) is 47.3 Å². The molecule has 0 saturated carbocycles. The number of aliphatic hydroxyl groups is 1. The Hall–Kier alpha value is -2.31. The van der Waals surface area contributed by atoms with Crippen molar-refractivity contribution >= 4 is 11.4 Å². The Bertz CT molecular complexity index is 560. The third kappa shape index (κ3) is 3.12. The van der Waals surface area contributed by atoms with Crippen LogP contribution >= 0.6 is 0 Å². The summed E-state index contributed by atoms with van der Waals surface area (Å²) in [5.41, 5.74) is 2.84. The summed E-state index contributed by atoms with van der Waals surface area (Å²) in [5, 5.41) is 18.3. The maximum absolute atomic E-state index is 9.45. The molecule has 0 spiro atoms. The predicted molar refractivity (Wildman–Crippen MR) is 76.0 cm³/mol. The van der Waals surface area contributed by atoms with Gasteiger partial charge in [0.15, 0.2) is 0 Å². The normalized spacial score (nSPS) is 9.89. The standard InChI is InChI=1S/C16H16N2O/c17-11-6-12-18(15-8-2-1-3-9-15)16-10-5-4-7-14(16)13-19/h1-5,7-10,19H,6,12-13H2. The SMILES string of the molecule is N#CCCN(c1ccccc1)c1ccccc1CO. The van der Waals surface area contributed by atoms with Crippen molar-refractivity contribution in [2.45, 2.75) is 13.0 Å². The lowest BCUT2D eigenvalue weighted by molar-refractivity contribution is 0.282. The molecule has 0 aliphatic carbocycles. The molecule has 0 amide bonds. The maximum atomic E-state index is 9.45. The molecule has 0 fully saturated rings. The summed E-state index contributed by atoms with van der Waals surface area (Å²) < 4.78 is 0. The first kappa shape index (κ1) is 13.1. The molecule has 2 aromatic carbocycles. The summed E-state index contributed by atoms with van der Waals surface area (Å²) in [7, 11) is 0. The number of anilines is 2. The van der Waals surface area contributed by atoms with Gasteiger partial charge in [0.05, 0.1) is 19.1 Å². The zero-order valence-electron chi connectivity index (χ0n) is 10.7. The van der Waals surface area contributed by atoms with Gasteiger partial charge in [0.1, 0.15) is 0 Å². The molecule has 0 aliphatic rings. The van der Waals surface area contributed by atoms with Crippen LogP contribution in [-0.4, -0.2) is 11.7 Å². The molecule has 3 nitrogen and oxygen atoms in total. The Kier molecular flexibility index (Phi) is 4.54. The van der Waals surface area contributed by atoms with Gasteiger partial charge in [0, 0.05) is 23.5 Å². The van der Waals surface area contributed by atoms with Crippen molar-refractivity contribution in [1.29, 1.82) is 5.26 Å². The average Bonchev–Trinajstić information content (AvgIpc) is 2.49. The van der Waals surface area contributed by atoms with Crippen LogP contribution < -0.4 is 4.90 Å². The lowest BCUT2D eigenvalue weighted by atomic mass is 10.1. The molecule has 2 aromatic rings. The first-order valence-corrected chi connectivity index (χ1v) is 6.25. The van der Waals surface area contributed by atoms with Gasteiger partial charge >= 0.3 is 0 Å². The average molecular weight is 252 g/mol. The fraction of sp³-hybridized carbons (Fsp3) is 0.188. The van der Waals surface area contributed by atoms with E-state index in [-0.39, 0.29) is 6.61 Å². The van der Waals surface area contributed by atoms with Crippen molar-refractivity contribution in [3.05, 3.63) is 60.2 Å². The van der Waals surface area contributed by atoms with E-state index in [0.29, 0.717) is 13.0 Å². The minimum atomic E-state index is -0.00788. The Morgan fingerprint density at radius 3 is 2.37 bits per heavy atom. The van der Waals surface area contributed by atoms with Crippen molar-refractivity contribution in [2.75, 3.05) is 11.4 Å². The van der Waals surface area contributed by atoms with Crippen molar-refractivity contribution in [2.24, 2.45) is 0 Å². The summed E-state index contributed by atoms with van der Waals surface area (Å²) in [6, 6.07) is 19.8. The molecule has 0 radical (unpaired) electrons. The monoisotopic (exact) mass is 252 g/mol. The van der Waals surface area contributed by atoms with Crippen LogP contribution in [0.2, 0.25) is 0 Å². The summed E-state index contributed by atoms with van der Waals surface area (Å²) in [5.74, 6) is 0. The number of nitrogens with zero attached hydrogens (tertiary/aromatic N) is 2. The number of nitriles is 1. The molecule has 0 unspecified atom stereocenters. The molecule has 3 heteroatoms. The van der Waals surface area contributed by atoms with Crippen LogP contribution in [0, 0.1) is 11.3 Å². The Morgan fingerprint density at radius 2 is 1.68 bits per heavy atom. The Morgan fingerprint density at radius 1 is 1.00 bits per heavy atom. The van der Waals surface area contributed by atoms with Gasteiger partial charge in [0.2, 0.25) is 0 Å². The fourth-order valence-electron chi connectivity index (χ4n) is 2.07. The van der Waals surface area contributed by atoms with Gasteiger partial charge in [-0.15, -0.1) is 0 Å². The highest BCUT2D eigenvalue weighted by Gasteiger charge is 2.11. The van der Waals surface area contributed by atoms with Crippen LogP contribution in [0.25, 0.3) is 0 Å². The van der Waals surface area contributed by atoms with E-state index in [4.69, 9.17) is 5.26 Å². The molecule has 0 saturated heterocycles. The lowest BCUT2D eigenvalue weighted by Crippen LogP contribution is -2.19. The van der Waals surface area contributed by atoms with Crippen molar-refractivity contribution < 1.29 is 5.11 Å². The molecule has 0 bridgehead atoms. The highest BCUT2D eigenvalue weighted by Crippen LogP contribution is 2.28. The van der Waals surface area contributed by atoms with E-state index in [0.717, 1.165) is 16.9 Å². The van der Waals surface area contributed by atoms with E-state index in [2.05, 4.69) is 11.0 Å². The molecular weight excluding hydrogens is 236 g/mol. The number of para-hydroxylation sites is 2. The summed E-state index contributed by atoms with van der Waals surface area (Å²) in [6.45, 7) is 0.601. The van der Waals surface area contributed by atoms with Gasteiger partial charge < -0.3 is 10.0 Å². The molecule has 0 aromatic heterocycles. The molecular formula is C16H16N2O. The molecule has 0 aliphatic heterocycles. The number of aliphatic hydroxyl groups excluding tert-OH is 1. The summed E-state index contributed by atoms with van der Waals surface area (Å²) >= 11 is 0. The quantitative estimate of drug-likeness (QED) is 0.888. The molecule has 1 N–H and O–H groups in total. The predicted octanol–water partition coefficient (Wildman–Crippen LogP) is 3.23. The minimum Gasteiger partial charge on any atom is -0.392 e. The first-order valence-electron chi connectivity index (χ1n) is 6.25. The first-order chi connectivity index (χ1) is 9.36. The molecule has 0 heterocycles. The van der Waals surface area contributed by atoms with Crippen molar-refractivity contribution in [3.63, 3.8) is 0 Å². The maximum Gasteiger partial charge on any atom is 0.0702 e. The van der Waals surface area contributed by atoms with Gasteiger partial charge in [-0.05, 0) is 18.2 Å². The van der Waals surface area contributed by atoms with Gasteiger partial charge in [-0.2, -0.15) is 5.26 Å². The van der Waals surface area contributed by atoms with Gasteiger partial charge in [-0.1, -0.05) is 36.4 Å². The summed E-state index contributed by atoms with van der Waals surface area (Å²) in [4.78, 5) is 2.06. The molecule has 19 heavy (non-hydrogen) atoms. The number of hydrogen-bond donors (Lipinski definition) is 1. The van der Waals surface area contributed by atoms with E-state index in [1.54, 1.807) is 0 Å². The van der Waals surface area contributed by atoms with Crippen LogP contribution in [0.4, 0.5) is 11.4 Å². The van der Waals surface area contributed by atoms with Crippen LogP contribution in [0.3, 0.4) is 0 Å². The fourth-order valence-corrected chi connectivity index (χ4v) is 2.07. The Labute approximate surface area is 113 Å². The second kappa shape index (κ2) is 6.58. The second-order valence-electron chi connectivity index (χ2n) is 4.18. The number of hydrogen-bond acceptors (Lipinski definition) is 3. The second-order valence-corrected chi connectivity index (χ2v) is 4.18. The van der Waals surface area contributed by atoms with E-state index < -0.39 is 0 Å². The third-order valence-electron chi connectivity index (χ3n) is 2.97. The van der Waals surface area contributed by atoms with Crippen molar-refractivity contribution in [3.8, 4) is 6.07 Å². The smallest absolute Gasteiger partial charge is 0.0702 e. The lowest BCUT2D eigenvalue weighted by Gasteiger charge is -2.26. The van der Waals surface area contributed by atoms with Crippen LogP contribution in [0.1, 0.15) is 12.0 Å². The number of rotatable bonds is 5. The Balaban J connectivity index is 2.40. The van der Waals surface area contributed by atoms with Crippen LogP contribution in [0.15, 0.2) is 54.6 Å². The molecule has 96 valence electrons. The highest BCUT2D eigenvalue weighted by atomic mass is 16.3. The van der Waals surface area contributed by atoms with Crippen LogP contribution in [-0.2, 0) is 6.61 Å². The zero-order valence-corrected chi connectivity index (χ0v) is 10.7. The zero-order chi connectivity index (χ0) is 13.5. The van der Waals surface area contributed by atoms with Gasteiger partial charge in [0.25, 0.3) is 0 Å². The summed E-state index contributed by atoms with van der Waals surface area (Å²) in [6.07, 6.45) is 0.439. The van der Waals surface area contributed by atoms with Gasteiger partial charge in [-0.25, -0.2) is 0 Å². The van der Waals surface area contributed by atoms with Gasteiger partial charge in [-0.3, -0.25) is 0 Å². The van der Waals surface area contributed by atoms with Crippen LogP contribution in [0.5, 0.6) is 0 Å². The van der Waals surface area contributed by atoms with E-state index in [1.165, 1.54) is 0 Å². The van der Waals surface area contributed by atoms with E-state index in [9.17, 15) is 5.11 Å². The van der Waals surface area contributed by atoms with Crippen molar-refractivity contribution in [1.82, 2.24) is 0 Å². The third-order valence-corrected chi connectivity index (χ3v) is 2.97. The largest absolute Gasteiger partial charge is 0.392 e. The molecule has 0 atom stereocenters. The minimum absolute atomic E-state index is 0.00788. The van der Waals surface area contributed by atoms with E-state index in [1.807, 2.05) is 54.6 Å². The van der Waals surface area contributed by atoms with E-state index >= 15 is 0 Å². The highest BCUT2D eigenvalue weighted by molar-refractivity contribution is 5.66. The molecule has 2 rings (SSSR count). The number of benzene rings is 2.